The highest BCUT2D eigenvalue weighted by atomic mass is 32.1. The number of nitrogens with zero attached hydrogens (tertiary/aromatic N) is 4. The lowest BCUT2D eigenvalue weighted by molar-refractivity contribution is 0.0379. The fourth-order valence-electron chi connectivity index (χ4n) is 2.41. The van der Waals surface area contributed by atoms with Gasteiger partial charge in [0.1, 0.15) is 0 Å². The van der Waals surface area contributed by atoms with Gasteiger partial charge >= 0.3 is 6.03 Å². The Labute approximate surface area is 126 Å². The normalized spacial score (nSPS) is 16.9. The molecule has 2 rings (SSSR count). The van der Waals surface area contributed by atoms with Crippen molar-refractivity contribution in [3.63, 3.8) is 0 Å². The molecule has 0 atom stereocenters. The zero-order chi connectivity index (χ0) is 15.6. The van der Waals surface area contributed by atoms with E-state index in [-0.39, 0.29) is 16.7 Å². The smallest absolute Gasteiger partial charge is 0.323 e. The number of carbonyl (C=O) groups excluding carboxylic acids is 1. The average Bonchev–Trinajstić information content (AvgIpc) is 2.81. The molecule has 21 heavy (non-hydrogen) atoms. The maximum absolute atomic E-state index is 12.4. The summed E-state index contributed by atoms with van der Waals surface area (Å²) in [5.74, 6) is 0. The Morgan fingerprint density at radius 3 is 2.48 bits per heavy atom. The molecule has 1 heterocycles. The van der Waals surface area contributed by atoms with Gasteiger partial charge < -0.3 is 9.80 Å². The molecule has 1 aromatic rings. The van der Waals surface area contributed by atoms with E-state index in [0.717, 1.165) is 19.3 Å². The van der Waals surface area contributed by atoms with Gasteiger partial charge in [-0.05, 0) is 33.4 Å². The number of rotatable bonds is 5. The van der Waals surface area contributed by atoms with E-state index in [1.165, 1.54) is 0 Å². The molecule has 0 aromatic carbocycles. The Hall–Kier alpha value is -1.35. The van der Waals surface area contributed by atoms with Crippen LogP contribution in [0.25, 0.3) is 0 Å². The fourth-order valence-corrected chi connectivity index (χ4v) is 2.99. The van der Waals surface area contributed by atoms with Gasteiger partial charge in [-0.15, -0.1) is 10.2 Å². The number of alkyl halides is 2. The molecule has 1 N–H and O–H groups in total. The lowest BCUT2D eigenvalue weighted by atomic mass is 9.75. The van der Waals surface area contributed by atoms with E-state index in [1.54, 1.807) is 11.9 Å². The van der Waals surface area contributed by atoms with Crippen molar-refractivity contribution < 1.29 is 13.6 Å². The molecule has 0 unspecified atom stereocenters. The number of carbonyl (C=O) groups is 1. The molecule has 0 aliphatic heterocycles. The Morgan fingerprint density at radius 2 is 2.05 bits per heavy atom. The summed E-state index contributed by atoms with van der Waals surface area (Å²) < 4.78 is 24.8. The first-order chi connectivity index (χ1) is 9.84. The lowest BCUT2D eigenvalue weighted by Crippen LogP contribution is -2.57. The quantitative estimate of drug-likeness (QED) is 0.905. The fraction of sp³-hybridized carbons (Fsp3) is 0.750. The molecule has 1 aromatic heterocycles. The van der Waals surface area contributed by atoms with Crippen LogP contribution in [0.15, 0.2) is 0 Å². The number of anilines is 1. The van der Waals surface area contributed by atoms with Crippen molar-refractivity contribution in [1.82, 2.24) is 20.0 Å². The van der Waals surface area contributed by atoms with Gasteiger partial charge in [-0.3, -0.25) is 5.32 Å². The van der Waals surface area contributed by atoms with E-state index in [2.05, 4.69) is 20.4 Å². The molecule has 1 aliphatic rings. The summed E-state index contributed by atoms with van der Waals surface area (Å²) in [6, 6.07) is -0.361. The standard InChI is InChI=1S/C12H19F2N5OS/c1-18(2)12(5-4-6-12)7-19(3)11(20)15-10-17-16-9(21-10)8(13)14/h8H,4-7H2,1-3H3,(H,15,17,20). The van der Waals surface area contributed by atoms with Gasteiger partial charge in [0.05, 0.1) is 0 Å². The summed E-state index contributed by atoms with van der Waals surface area (Å²) in [4.78, 5) is 15.8. The molecule has 1 fully saturated rings. The van der Waals surface area contributed by atoms with Crippen LogP contribution < -0.4 is 5.32 Å². The van der Waals surface area contributed by atoms with Gasteiger partial charge in [0.2, 0.25) is 5.13 Å². The molecular weight excluding hydrogens is 300 g/mol. The molecule has 0 spiro atoms. The third-order valence-electron chi connectivity index (χ3n) is 3.95. The monoisotopic (exact) mass is 319 g/mol. The number of urea groups is 1. The van der Waals surface area contributed by atoms with Crippen molar-refractivity contribution >= 4 is 22.5 Å². The predicted octanol–water partition coefficient (Wildman–Crippen LogP) is 2.42. The number of nitrogens with one attached hydrogen (secondary N) is 1. The van der Waals surface area contributed by atoms with E-state index in [1.807, 2.05) is 14.1 Å². The van der Waals surface area contributed by atoms with Crippen LogP contribution in [0.2, 0.25) is 0 Å². The zero-order valence-corrected chi connectivity index (χ0v) is 13.1. The van der Waals surface area contributed by atoms with Crippen LogP contribution in [-0.4, -0.2) is 59.3 Å². The first kappa shape index (κ1) is 16.0. The molecule has 0 radical (unpaired) electrons. The first-order valence-electron chi connectivity index (χ1n) is 6.65. The van der Waals surface area contributed by atoms with Crippen LogP contribution in [-0.2, 0) is 0 Å². The summed E-state index contributed by atoms with van der Waals surface area (Å²) >= 11 is 0.689. The van der Waals surface area contributed by atoms with Crippen LogP contribution in [0.5, 0.6) is 0 Å². The van der Waals surface area contributed by atoms with E-state index in [0.29, 0.717) is 17.9 Å². The second kappa shape index (κ2) is 6.18. The average molecular weight is 319 g/mol. The summed E-state index contributed by atoms with van der Waals surface area (Å²) in [5, 5.41) is 9.09. The lowest BCUT2D eigenvalue weighted by Gasteiger charge is -2.49. The van der Waals surface area contributed by atoms with Crippen LogP contribution in [0, 0.1) is 0 Å². The Morgan fingerprint density at radius 1 is 1.38 bits per heavy atom. The van der Waals surface area contributed by atoms with E-state index in [9.17, 15) is 13.6 Å². The number of hydrogen-bond acceptors (Lipinski definition) is 5. The minimum atomic E-state index is -2.67. The molecule has 1 aliphatic carbocycles. The largest absolute Gasteiger partial charge is 0.326 e. The second-order valence-corrected chi connectivity index (χ2v) is 6.51. The van der Waals surface area contributed by atoms with Crippen molar-refractivity contribution in [2.24, 2.45) is 0 Å². The number of likely N-dealkylation sites (N-methyl/N-ethyl adjacent to an activating group) is 2. The van der Waals surface area contributed by atoms with E-state index in [4.69, 9.17) is 0 Å². The molecule has 1 saturated carbocycles. The number of hydrogen-bond donors (Lipinski definition) is 1. The number of halogens is 2. The van der Waals surface area contributed by atoms with Gasteiger partial charge in [0.25, 0.3) is 6.43 Å². The summed E-state index contributed by atoms with van der Waals surface area (Å²) in [5.41, 5.74) is 0.0152. The van der Waals surface area contributed by atoms with Crippen LogP contribution >= 0.6 is 11.3 Å². The van der Waals surface area contributed by atoms with Gasteiger partial charge in [-0.1, -0.05) is 11.3 Å². The highest BCUT2D eigenvalue weighted by Gasteiger charge is 2.40. The zero-order valence-electron chi connectivity index (χ0n) is 12.3. The SMILES string of the molecule is CN(CC1(N(C)C)CCC1)C(=O)Nc1nnc(C(F)F)s1. The Balaban J connectivity index is 1.93. The van der Waals surface area contributed by atoms with Gasteiger partial charge in [-0.25, -0.2) is 13.6 Å². The van der Waals surface area contributed by atoms with Gasteiger partial charge in [0.15, 0.2) is 5.01 Å². The van der Waals surface area contributed by atoms with Crippen molar-refractivity contribution in [3.8, 4) is 0 Å². The summed E-state index contributed by atoms with van der Waals surface area (Å²) in [6.07, 6.45) is 0.581. The van der Waals surface area contributed by atoms with Gasteiger partial charge in [-0.2, -0.15) is 0 Å². The van der Waals surface area contributed by atoms with Crippen molar-refractivity contribution in [1.29, 1.82) is 0 Å². The van der Waals surface area contributed by atoms with Crippen molar-refractivity contribution in [3.05, 3.63) is 5.01 Å². The van der Waals surface area contributed by atoms with Crippen LogP contribution in [0.1, 0.15) is 30.7 Å². The highest BCUT2D eigenvalue weighted by molar-refractivity contribution is 7.15. The molecule has 6 nitrogen and oxygen atoms in total. The van der Waals surface area contributed by atoms with E-state index >= 15 is 0 Å². The minimum Gasteiger partial charge on any atom is -0.326 e. The molecule has 9 heteroatoms. The summed E-state index contributed by atoms with van der Waals surface area (Å²) in [7, 11) is 5.70. The Kier molecular flexibility index (Phi) is 4.72. The maximum atomic E-state index is 12.4. The third-order valence-corrected chi connectivity index (χ3v) is 4.80. The number of amides is 2. The molecular formula is C12H19F2N5OS. The summed E-state index contributed by atoms with van der Waals surface area (Å²) in [6.45, 7) is 0.590. The molecule has 0 saturated heterocycles. The molecule has 118 valence electrons. The topological polar surface area (TPSA) is 61.4 Å². The van der Waals surface area contributed by atoms with Crippen LogP contribution in [0.3, 0.4) is 0 Å². The van der Waals surface area contributed by atoms with Crippen LogP contribution in [0.4, 0.5) is 18.7 Å². The predicted molar refractivity (Wildman–Crippen MR) is 76.8 cm³/mol. The third kappa shape index (κ3) is 3.46. The highest BCUT2D eigenvalue weighted by Crippen LogP contribution is 2.36. The minimum absolute atomic E-state index is 0.0152. The van der Waals surface area contributed by atoms with Gasteiger partial charge in [0, 0.05) is 19.1 Å². The maximum Gasteiger partial charge on any atom is 0.323 e. The Bertz CT molecular complexity index is 504. The van der Waals surface area contributed by atoms with E-state index < -0.39 is 11.4 Å². The molecule has 2 amide bonds. The van der Waals surface area contributed by atoms with Crippen molar-refractivity contribution in [2.45, 2.75) is 31.2 Å². The first-order valence-corrected chi connectivity index (χ1v) is 7.47. The second-order valence-electron chi connectivity index (χ2n) is 5.50. The van der Waals surface area contributed by atoms with Crippen molar-refractivity contribution in [2.75, 3.05) is 33.0 Å². The molecule has 0 bridgehead atoms. The number of aromatic nitrogens is 2.